The van der Waals surface area contributed by atoms with E-state index in [-0.39, 0.29) is 5.91 Å². The van der Waals surface area contributed by atoms with Gasteiger partial charge in [-0.3, -0.25) is 4.79 Å². The monoisotopic (exact) mass is 249 g/mol. The van der Waals surface area contributed by atoms with Gasteiger partial charge in [0.1, 0.15) is 5.15 Å². The van der Waals surface area contributed by atoms with Gasteiger partial charge in [-0.1, -0.05) is 11.6 Å². The van der Waals surface area contributed by atoms with Crippen molar-refractivity contribution in [1.29, 1.82) is 0 Å². The standard InChI is InChI=1S/C12H12ClN3O/c1-16-6-2-3-10(16)8-15-12(17)9-4-5-11(13)14-7-9/h2-7H,8H2,1H3,(H,15,17). The summed E-state index contributed by atoms with van der Waals surface area (Å²) in [6, 6.07) is 7.14. The zero-order chi connectivity index (χ0) is 12.3. The molecular formula is C12H12ClN3O. The number of nitrogens with one attached hydrogen (secondary N) is 1. The van der Waals surface area contributed by atoms with Crippen LogP contribution >= 0.6 is 11.6 Å². The van der Waals surface area contributed by atoms with Crippen molar-refractivity contribution in [2.75, 3.05) is 0 Å². The maximum atomic E-state index is 11.8. The Hall–Kier alpha value is -1.81. The Morgan fingerprint density at radius 2 is 2.29 bits per heavy atom. The quantitative estimate of drug-likeness (QED) is 0.846. The lowest BCUT2D eigenvalue weighted by Gasteiger charge is -2.06. The molecule has 0 saturated heterocycles. The van der Waals surface area contributed by atoms with E-state index in [9.17, 15) is 4.79 Å². The summed E-state index contributed by atoms with van der Waals surface area (Å²) in [5.74, 6) is -0.157. The van der Waals surface area contributed by atoms with Crippen molar-refractivity contribution in [2.24, 2.45) is 7.05 Å². The average Bonchev–Trinajstić information content (AvgIpc) is 2.73. The zero-order valence-electron chi connectivity index (χ0n) is 9.35. The van der Waals surface area contributed by atoms with Gasteiger partial charge in [-0.2, -0.15) is 0 Å². The van der Waals surface area contributed by atoms with E-state index in [0.717, 1.165) is 5.69 Å². The third-order valence-corrected chi connectivity index (χ3v) is 2.69. The minimum atomic E-state index is -0.157. The minimum Gasteiger partial charge on any atom is -0.353 e. The van der Waals surface area contributed by atoms with E-state index in [1.807, 2.05) is 29.9 Å². The highest BCUT2D eigenvalue weighted by Crippen LogP contribution is 2.05. The van der Waals surface area contributed by atoms with Crippen molar-refractivity contribution in [3.8, 4) is 0 Å². The van der Waals surface area contributed by atoms with Gasteiger partial charge >= 0.3 is 0 Å². The van der Waals surface area contributed by atoms with Gasteiger partial charge in [-0.25, -0.2) is 4.98 Å². The van der Waals surface area contributed by atoms with Crippen LogP contribution in [0.4, 0.5) is 0 Å². The predicted octanol–water partition coefficient (Wildman–Crippen LogP) is 2.00. The lowest BCUT2D eigenvalue weighted by atomic mass is 10.2. The van der Waals surface area contributed by atoms with Crippen LogP contribution in [-0.2, 0) is 13.6 Å². The van der Waals surface area contributed by atoms with Crippen molar-refractivity contribution >= 4 is 17.5 Å². The highest BCUT2D eigenvalue weighted by atomic mass is 35.5. The second-order valence-corrected chi connectivity index (χ2v) is 4.05. The summed E-state index contributed by atoms with van der Waals surface area (Å²) in [4.78, 5) is 15.6. The zero-order valence-corrected chi connectivity index (χ0v) is 10.1. The summed E-state index contributed by atoms with van der Waals surface area (Å²) in [6.07, 6.45) is 3.40. The molecule has 0 fully saturated rings. The van der Waals surface area contributed by atoms with Crippen LogP contribution in [0.15, 0.2) is 36.7 Å². The first-order valence-electron chi connectivity index (χ1n) is 5.17. The number of carbonyl (C=O) groups excluding carboxylic acids is 1. The lowest BCUT2D eigenvalue weighted by Crippen LogP contribution is -2.23. The van der Waals surface area contributed by atoms with Crippen molar-refractivity contribution in [3.05, 3.63) is 53.1 Å². The average molecular weight is 250 g/mol. The fourth-order valence-electron chi connectivity index (χ4n) is 1.46. The Labute approximate surface area is 104 Å². The predicted molar refractivity (Wildman–Crippen MR) is 65.8 cm³/mol. The first kappa shape index (κ1) is 11.7. The second kappa shape index (κ2) is 5.01. The van der Waals surface area contributed by atoms with Crippen LogP contribution < -0.4 is 5.32 Å². The Kier molecular flexibility index (Phi) is 3.44. The molecular weight excluding hydrogens is 238 g/mol. The molecule has 0 unspecified atom stereocenters. The van der Waals surface area contributed by atoms with Gasteiger partial charge in [-0.15, -0.1) is 0 Å². The summed E-state index contributed by atoms with van der Waals surface area (Å²) in [7, 11) is 1.94. The maximum absolute atomic E-state index is 11.8. The Morgan fingerprint density at radius 1 is 1.47 bits per heavy atom. The Bertz CT molecular complexity index is 519. The third kappa shape index (κ3) is 2.85. The van der Waals surface area contributed by atoms with Crippen LogP contribution in [0.25, 0.3) is 0 Å². The summed E-state index contributed by atoms with van der Waals surface area (Å²) >= 11 is 5.65. The van der Waals surface area contributed by atoms with Gasteiger partial charge in [0.2, 0.25) is 0 Å². The van der Waals surface area contributed by atoms with Gasteiger partial charge < -0.3 is 9.88 Å². The van der Waals surface area contributed by atoms with E-state index in [2.05, 4.69) is 10.3 Å². The number of hydrogen-bond acceptors (Lipinski definition) is 2. The Morgan fingerprint density at radius 3 is 2.88 bits per heavy atom. The van der Waals surface area contributed by atoms with Crippen molar-refractivity contribution < 1.29 is 4.79 Å². The van der Waals surface area contributed by atoms with Crippen molar-refractivity contribution in [2.45, 2.75) is 6.54 Å². The smallest absolute Gasteiger partial charge is 0.253 e. The van der Waals surface area contributed by atoms with Gasteiger partial charge in [0.05, 0.1) is 12.1 Å². The molecule has 0 atom stereocenters. The molecule has 2 heterocycles. The van der Waals surface area contributed by atoms with E-state index < -0.39 is 0 Å². The number of nitrogens with zero attached hydrogens (tertiary/aromatic N) is 2. The number of carbonyl (C=O) groups is 1. The summed E-state index contributed by atoms with van der Waals surface area (Å²) in [5, 5.41) is 3.20. The highest BCUT2D eigenvalue weighted by Gasteiger charge is 2.06. The number of rotatable bonds is 3. The Balaban J connectivity index is 1.98. The van der Waals surface area contributed by atoms with E-state index in [0.29, 0.717) is 17.3 Å². The molecule has 5 heteroatoms. The minimum absolute atomic E-state index is 0.157. The highest BCUT2D eigenvalue weighted by molar-refractivity contribution is 6.29. The van der Waals surface area contributed by atoms with E-state index >= 15 is 0 Å². The largest absolute Gasteiger partial charge is 0.353 e. The number of hydrogen-bond donors (Lipinski definition) is 1. The fourth-order valence-corrected chi connectivity index (χ4v) is 1.57. The van der Waals surface area contributed by atoms with Gasteiger partial charge in [0.25, 0.3) is 5.91 Å². The molecule has 0 aliphatic carbocycles. The third-order valence-electron chi connectivity index (χ3n) is 2.47. The van der Waals surface area contributed by atoms with E-state index in [4.69, 9.17) is 11.6 Å². The molecule has 1 N–H and O–H groups in total. The molecule has 1 amide bonds. The molecule has 0 aromatic carbocycles. The van der Waals surface area contributed by atoms with Crippen molar-refractivity contribution in [1.82, 2.24) is 14.9 Å². The molecule has 2 rings (SSSR count). The number of pyridine rings is 1. The van der Waals surface area contributed by atoms with Crippen LogP contribution in [0, 0.1) is 0 Å². The maximum Gasteiger partial charge on any atom is 0.253 e. The van der Waals surface area contributed by atoms with E-state index in [1.54, 1.807) is 12.1 Å². The number of amides is 1. The molecule has 88 valence electrons. The molecule has 0 spiro atoms. The number of aryl methyl sites for hydroxylation is 1. The SMILES string of the molecule is Cn1cccc1CNC(=O)c1ccc(Cl)nc1. The first-order chi connectivity index (χ1) is 8.16. The summed E-state index contributed by atoms with van der Waals surface area (Å²) < 4.78 is 1.96. The molecule has 2 aromatic rings. The van der Waals surface area contributed by atoms with Crippen molar-refractivity contribution in [3.63, 3.8) is 0 Å². The number of aromatic nitrogens is 2. The molecule has 4 nitrogen and oxygen atoms in total. The van der Waals surface area contributed by atoms with Gasteiger partial charge in [-0.05, 0) is 24.3 Å². The molecule has 2 aromatic heterocycles. The topological polar surface area (TPSA) is 46.9 Å². The normalized spacial score (nSPS) is 10.2. The van der Waals surface area contributed by atoms with Gasteiger partial charge in [0, 0.05) is 25.1 Å². The van der Waals surface area contributed by atoms with Gasteiger partial charge in [0.15, 0.2) is 0 Å². The molecule has 0 aliphatic heterocycles. The van der Waals surface area contributed by atoms with E-state index in [1.165, 1.54) is 6.20 Å². The van der Waals surface area contributed by atoms with Crippen LogP contribution in [0.1, 0.15) is 16.1 Å². The molecule has 17 heavy (non-hydrogen) atoms. The molecule has 0 aliphatic rings. The second-order valence-electron chi connectivity index (χ2n) is 3.66. The summed E-state index contributed by atoms with van der Waals surface area (Å²) in [5.41, 5.74) is 1.55. The van der Waals surface area contributed by atoms with Crippen LogP contribution in [0.3, 0.4) is 0 Å². The van der Waals surface area contributed by atoms with Crippen LogP contribution in [0.2, 0.25) is 5.15 Å². The number of halogens is 1. The van der Waals surface area contributed by atoms with Crippen LogP contribution in [0.5, 0.6) is 0 Å². The summed E-state index contributed by atoms with van der Waals surface area (Å²) in [6.45, 7) is 0.491. The van der Waals surface area contributed by atoms with Crippen LogP contribution in [-0.4, -0.2) is 15.5 Å². The molecule has 0 saturated carbocycles. The molecule has 0 bridgehead atoms. The lowest BCUT2D eigenvalue weighted by molar-refractivity contribution is 0.0950. The molecule has 0 radical (unpaired) electrons. The fraction of sp³-hybridized carbons (Fsp3) is 0.167. The first-order valence-corrected chi connectivity index (χ1v) is 5.54.